The monoisotopic (exact) mass is 280 g/mol. The van der Waals surface area contributed by atoms with Crippen LogP contribution < -0.4 is 0 Å². The number of amides is 1. The quantitative estimate of drug-likeness (QED) is 0.748. The molecule has 2 aliphatic heterocycles. The number of carbonyl (C=O) groups excluding carboxylic acids is 1. The van der Waals surface area contributed by atoms with Gasteiger partial charge in [0.1, 0.15) is 12.5 Å². The van der Waals surface area contributed by atoms with Gasteiger partial charge < -0.3 is 19.4 Å². The van der Waals surface area contributed by atoms with E-state index in [1.807, 2.05) is 30.0 Å². The molecular formula is C14H24N4O2. The molecule has 0 N–H and O–H groups in total. The Morgan fingerprint density at radius 2 is 2.10 bits per heavy atom. The number of amidine groups is 1. The van der Waals surface area contributed by atoms with Crippen LogP contribution >= 0.6 is 0 Å². The Balaban J connectivity index is 1.95. The summed E-state index contributed by atoms with van der Waals surface area (Å²) in [6.07, 6.45) is 3.96. The van der Waals surface area contributed by atoms with Gasteiger partial charge in [0, 0.05) is 46.2 Å². The van der Waals surface area contributed by atoms with Crippen LogP contribution in [0.1, 0.15) is 19.8 Å². The van der Waals surface area contributed by atoms with Crippen LogP contribution in [-0.2, 0) is 9.53 Å². The molecule has 0 atom stereocenters. The fourth-order valence-electron chi connectivity index (χ4n) is 2.66. The second kappa shape index (κ2) is 6.15. The summed E-state index contributed by atoms with van der Waals surface area (Å²) in [4.78, 5) is 22.1. The number of hydrogen-bond donors (Lipinski definition) is 0. The summed E-state index contributed by atoms with van der Waals surface area (Å²) in [5.41, 5.74) is 0. The highest BCUT2D eigenvalue weighted by Gasteiger charge is 2.26. The summed E-state index contributed by atoms with van der Waals surface area (Å²) >= 11 is 0. The Morgan fingerprint density at radius 1 is 1.45 bits per heavy atom. The van der Waals surface area contributed by atoms with Crippen molar-refractivity contribution in [3.8, 4) is 0 Å². The molecule has 0 unspecified atom stereocenters. The molecule has 1 fully saturated rings. The molecule has 0 saturated carbocycles. The van der Waals surface area contributed by atoms with Crippen molar-refractivity contribution < 1.29 is 9.53 Å². The lowest BCUT2D eigenvalue weighted by Crippen LogP contribution is -2.47. The third-order valence-electron chi connectivity index (χ3n) is 4.12. The van der Waals surface area contributed by atoms with E-state index in [1.54, 1.807) is 14.0 Å². The number of methoxy groups -OCH3 is 1. The SMILES string of the molecule is COC1=CC(N2CCC(N(C)C(C)=O)CC2)=NCN1C. The van der Waals surface area contributed by atoms with Crippen LogP contribution in [0.2, 0.25) is 0 Å². The van der Waals surface area contributed by atoms with Crippen LogP contribution in [0.3, 0.4) is 0 Å². The standard InChI is InChI=1S/C14H24N4O2/c1-11(19)17(3)12-5-7-18(8-6-12)13-9-14(20-4)16(2)10-15-13/h9,12H,5-8,10H2,1-4H3. The summed E-state index contributed by atoms with van der Waals surface area (Å²) in [6.45, 7) is 4.11. The minimum absolute atomic E-state index is 0.140. The predicted molar refractivity (Wildman–Crippen MR) is 78.2 cm³/mol. The lowest BCUT2D eigenvalue weighted by atomic mass is 10.0. The van der Waals surface area contributed by atoms with Crippen molar-refractivity contribution in [3.63, 3.8) is 0 Å². The Hall–Kier alpha value is -1.72. The Morgan fingerprint density at radius 3 is 2.65 bits per heavy atom. The zero-order valence-corrected chi connectivity index (χ0v) is 12.8. The van der Waals surface area contributed by atoms with E-state index in [9.17, 15) is 4.79 Å². The van der Waals surface area contributed by atoms with E-state index >= 15 is 0 Å². The smallest absolute Gasteiger partial charge is 0.219 e. The molecule has 0 radical (unpaired) electrons. The fourth-order valence-corrected chi connectivity index (χ4v) is 2.66. The van der Waals surface area contributed by atoms with Crippen LogP contribution in [0.4, 0.5) is 0 Å². The first-order valence-corrected chi connectivity index (χ1v) is 7.02. The Labute approximate surface area is 120 Å². The third kappa shape index (κ3) is 3.05. The number of aliphatic imine (C=N–C) groups is 1. The second-order valence-electron chi connectivity index (χ2n) is 5.39. The van der Waals surface area contributed by atoms with Gasteiger partial charge in [-0.15, -0.1) is 0 Å². The second-order valence-corrected chi connectivity index (χ2v) is 5.39. The Kier molecular flexibility index (Phi) is 4.52. The van der Waals surface area contributed by atoms with Gasteiger partial charge in [0.2, 0.25) is 5.91 Å². The van der Waals surface area contributed by atoms with Gasteiger partial charge in [-0.3, -0.25) is 4.79 Å². The van der Waals surface area contributed by atoms with Gasteiger partial charge >= 0.3 is 0 Å². The number of hydrogen-bond acceptors (Lipinski definition) is 5. The largest absolute Gasteiger partial charge is 0.482 e. The number of likely N-dealkylation sites (tertiary alicyclic amines) is 1. The normalized spacial score (nSPS) is 20.4. The van der Waals surface area contributed by atoms with Crippen molar-refractivity contribution in [2.75, 3.05) is 41.0 Å². The van der Waals surface area contributed by atoms with Crippen LogP contribution in [0.5, 0.6) is 0 Å². The van der Waals surface area contributed by atoms with Crippen LogP contribution in [-0.4, -0.2) is 73.4 Å². The summed E-state index contributed by atoms with van der Waals surface area (Å²) in [5.74, 6) is 1.98. The first kappa shape index (κ1) is 14.7. The lowest BCUT2D eigenvalue weighted by molar-refractivity contribution is -0.130. The zero-order chi connectivity index (χ0) is 14.7. The molecule has 0 aliphatic carbocycles. The van der Waals surface area contributed by atoms with Gasteiger partial charge in [0.05, 0.1) is 7.11 Å². The summed E-state index contributed by atoms with van der Waals surface area (Å²) in [7, 11) is 5.53. The van der Waals surface area contributed by atoms with Crippen molar-refractivity contribution in [1.29, 1.82) is 0 Å². The van der Waals surface area contributed by atoms with Crippen molar-refractivity contribution >= 4 is 11.7 Å². The number of nitrogens with zero attached hydrogens (tertiary/aromatic N) is 4. The first-order valence-electron chi connectivity index (χ1n) is 7.02. The molecular weight excluding hydrogens is 256 g/mol. The van der Waals surface area contributed by atoms with Crippen molar-refractivity contribution in [3.05, 3.63) is 12.0 Å². The summed E-state index contributed by atoms with van der Waals surface area (Å²) < 4.78 is 5.34. The fraction of sp³-hybridized carbons (Fsp3) is 0.714. The van der Waals surface area contributed by atoms with E-state index in [0.717, 1.165) is 37.6 Å². The number of rotatable bonds is 2. The average molecular weight is 280 g/mol. The van der Waals surface area contributed by atoms with Gasteiger partial charge in [-0.25, -0.2) is 4.99 Å². The third-order valence-corrected chi connectivity index (χ3v) is 4.12. The van der Waals surface area contributed by atoms with Crippen molar-refractivity contribution in [1.82, 2.24) is 14.7 Å². The molecule has 0 aromatic rings. The minimum Gasteiger partial charge on any atom is -0.482 e. The highest BCUT2D eigenvalue weighted by atomic mass is 16.5. The minimum atomic E-state index is 0.140. The first-order chi connectivity index (χ1) is 9.52. The Bertz CT molecular complexity index is 425. The van der Waals surface area contributed by atoms with Crippen LogP contribution in [0.25, 0.3) is 0 Å². The topological polar surface area (TPSA) is 48.4 Å². The summed E-state index contributed by atoms with van der Waals surface area (Å²) in [5, 5.41) is 0. The van der Waals surface area contributed by atoms with Gasteiger partial charge in [-0.2, -0.15) is 0 Å². The van der Waals surface area contributed by atoms with E-state index in [1.165, 1.54) is 0 Å². The molecule has 1 amide bonds. The molecule has 20 heavy (non-hydrogen) atoms. The van der Waals surface area contributed by atoms with Gasteiger partial charge in [0.25, 0.3) is 0 Å². The molecule has 112 valence electrons. The van der Waals surface area contributed by atoms with Crippen LogP contribution in [0, 0.1) is 0 Å². The molecule has 2 rings (SSSR count). The van der Waals surface area contributed by atoms with E-state index in [2.05, 4.69) is 9.89 Å². The molecule has 2 aliphatic rings. The molecule has 0 aromatic heterocycles. The number of ether oxygens (including phenoxy) is 1. The maximum Gasteiger partial charge on any atom is 0.219 e. The molecule has 6 heteroatoms. The average Bonchev–Trinajstić information content (AvgIpc) is 2.47. The van der Waals surface area contributed by atoms with E-state index in [4.69, 9.17) is 4.74 Å². The van der Waals surface area contributed by atoms with E-state index in [0.29, 0.717) is 12.7 Å². The molecule has 0 spiro atoms. The summed E-state index contributed by atoms with van der Waals surface area (Å²) in [6, 6.07) is 0.349. The molecule has 0 aromatic carbocycles. The van der Waals surface area contributed by atoms with Gasteiger partial charge in [0.15, 0.2) is 5.88 Å². The number of piperidine rings is 1. The van der Waals surface area contributed by atoms with Crippen molar-refractivity contribution in [2.24, 2.45) is 4.99 Å². The molecule has 1 saturated heterocycles. The maximum absolute atomic E-state index is 11.4. The van der Waals surface area contributed by atoms with Gasteiger partial charge in [-0.1, -0.05) is 0 Å². The van der Waals surface area contributed by atoms with Gasteiger partial charge in [-0.05, 0) is 12.8 Å². The molecule has 6 nitrogen and oxygen atoms in total. The van der Waals surface area contributed by atoms with E-state index in [-0.39, 0.29) is 5.91 Å². The molecule has 2 heterocycles. The highest BCUT2D eigenvalue weighted by Crippen LogP contribution is 2.18. The predicted octanol–water partition coefficient (Wildman–Crippen LogP) is 0.718. The van der Waals surface area contributed by atoms with Crippen molar-refractivity contribution in [2.45, 2.75) is 25.8 Å². The highest BCUT2D eigenvalue weighted by molar-refractivity contribution is 5.93. The lowest BCUT2D eigenvalue weighted by Gasteiger charge is -2.38. The maximum atomic E-state index is 11.4. The molecule has 0 bridgehead atoms. The zero-order valence-electron chi connectivity index (χ0n) is 12.8. The van der Waals surface area contributed by atoms with Crippen LogP contribution in [0.15, 0.2) is 17.0 Å². The van der Waals surface area contributed by atoms with E-state index < -0.39 is 0 Å². The number of carbonyl (C=O) groups is 1.